The summed E-state index contributed by atoms with van der Waals surface area (Å²) >= 11 is 6.25. The van der Waals surface area contributed by atoms with Gasteiger partial charge in [0.15, 0.2) is 0 Å². The number of nitrogens with zero attached hydrogens (tertiary/aromatic N) is 2. The lowest BCUT2D eigenvalue weighted by Gasteiger charge is -2.33. The van der Waals surface area contributed by atoms with E-state index in [1.54, 1.807) is 0 Å². The molecule has 38 heavy (non-hydrogen) atoms. The van der Waals surface area contributed by atoms with Crippen molar-refractivity contribution < 1.29 is 22.7 Å². The van der Waals surface area contributed by atoms with E-state index >= 15 is 0 Å². The van der Waals surface area contributed by atoms with Gasteiger partial charge in [0.25, 0.3) is 0 Å². The zero-order chi connectivity index (χ0) is 27.9. The molecule has 0 heterocycles. The third-order valence-corrected chi connectivity index (χ3v) is 7.66. The summed E-state index contributed by atoms with van der Waals surface area (Å²) in [5.74, 6) is -0.511. The zero-order valence-corrected chi connectivity index (χ0v) is 23.4. The minimum Gasteiger partial charge on any atom is -0.495 e. The van der Waals surface area contributed by atoms with Crippen molar-refractivity contribution in [1.29, 1.82) is 0 Å². The number of likely N-dealkylation sites (N-methyl/N-ethyl adjacent to an activating group) is 1. The van der Waals surface area contributed by atoms with E-state index in [4.69, 9.17) is 16.3 Å². The van der Waals surface area contributed by atoms with Crippen molar-refractivity contribution in [3.63, 3.8) is 0 Å². The first-order valence-corrected chi connectivity index (χ1v) is 14.2. The van der Waals surface area contributed by atoms with E-state index in [-0.39, 0.29) is 29.6 Å². The predicted molar refractivity (Wildman–Crippen MR) is 150 cm³/mol. The third-order valence-electron chi connectivity index (χ3n) is 6.22. The average molecular weight is 558 g/mol. The van der Waals surface area contributed by atoms with Gasteiger partial charge in [-0.1, -0.05) is 66.2 Å². The van der Waals surface area contributed by atoms with Gasteiger partial charge in [-0.2, -0.15) is 0 Å². The number of ether oxygens (including phenoxy) is 1. The second-order valence-corrected chi connectivity index (χ2v) is 11.2. The molecule has 10 heteroatoms. The van der Waals surface area contributed by atoms with Gasteiger partial charge in [0.1, 0.15) is 18.3 Å². The number of aryl methyl sites for hydroxylation is 1. The fourth-order valence-electron chi connectivity index (χ4n) is 4.12. The lowest BCUT2D eigenvalue weighted by Crippen LogP contribution is -2.53. The van der Waals surface area contributed by atoms with Crippen molar-refractivity contribution in [2.24, 2.45) is 0 Å². The highest BCUT2D eigenvalue weighted by Crippen LogP contribution is 2.30. The molecule has 3 aromatic rings. The Balaban J connectivity index is 2.04. The monoisotopic (exact) mass is 557 g/mol. The summed E-state index contributed by atoms with van der Waals surface area (Å²) in [4.78, 5) is 28.5. The predicted octanol–water partition coefficient (Wildman–Crippen LogP) is 3.81. The summed E-state index contributed by atoms with van der Waals surface area (Å²) in [5.41, 5.74) is 2.87. The van der Waals surface area contributed by atoms with E-state index in [2.05, 4.69) is 5.32 Å². The molecule has 0 saturated carbocycles. The van der Waals surface area contributed by atoms with Gasteiger partial charge in [-0.05, 0) is 41.8 Å². The van der Waals surface area contributed by atoms with Crippen LogP contribution in [0.5, 0.6) is 5.75 Å². The van der Waals surface area contributed by atoms with Crippen molar-refractivity contribution in [3.8, 4) is 5.75 Å². The maximum atomic E-state index is 13.9. The Labute approximate surface area is 229 Å². The summed E-state index contributed by atoms with van der Waals surface area (Å²) in [5, 5.41) is 2.86. The van der Waals surface area contributed by atoms with E-state index in [0.717, 1.165) is 27.3 Å². The summed E-state index contributed by atoms with van der Waals surface area (Å²) in [6, 6.07) is 20.5. The van der Waals surface area contributed by atoms with Gasteiger partial charge in [0.2, 0.25) is 21.8 Å². The molecule has 1 N–H and O–H groups in total. The van der Waals surface area contributed by atoms with E-state index < -0.39 is 28.5 Å². The van der Waals surface area contributed by atoms with E-state index in [1.807, 2.05) is 61.5 Å². The molecule has 0 saturated heterocycles. The SMILES string of the molecule is CNC(=O)[C@H](Cc1ccccc1)N(Cc1ccccc1C)C(=O)CN(c1ccc(OC)c(Cl)c1)S(C)(=O)=O. The number of anilines is 1. The smallest absolute Gasteiger partial charge is 0.244 e. The molecule has 0 fully saturated rings. The number of carbonyl (C=O) groups is 2. The summed E-state index contributed by atoms with van der Waals surface area (Å²) in [6.07, 6.45) is 1.27. The molecule has 0 aromatic heterocycles. The Morgan fingerprint density at radius 3 is 2.26 bits per heavy atom. The molecular formula is C28H32ClN3O5S. The van der Waals surface area contributed by atoms with Crippen LogP contribution in [0, 0.1) is 6.92 Å². The van der Waals surface area contributed by atoms with Gasteiger partial charge in [-0.25, -0.2) is 8.42 Å². The first-order valence-electron chi connectivity index (χ1n) is 12.0. The number of nitrogens with one attached hydrogen (secondary N) is 1. The molecule has 1 atom stereocenters. The highest BCUT2D eigenvalue weighted by atomic mass is 35.5. The minimum atomic E-state index is -3.89. The van der Waals surface area contributed by atoms with Crippen LogP contribution >= 0.6 is 11.6 Å². The number of carbonyl (C=O) groups excluding carboxylic acids is 2. The molecule has 0 aliphatic rings. The Hall–Kier alpha value is -3.56. The molecule has 0 radical (unpaired) electrons. The fraction of sp³-hybridized carbons (Fsp3) is 0.286. The molecule has 0 bridgehead atoms. The Bertz CT molecular complexity index is 1380. The van der Waals surface area contributed by atoms with Gasteiger partial charge >= 0.3 is 0 Å². The average Bonchev–Trinajstić information content (AvgIpc) is 2.89. The van der Waals surface area contributed by atoms with E-state index in [1.165, 1.54) is 37.3 Å². The zero-order valence-electron chi connectivity index (χ0n) is 21.8. The van der Waals surface area contributed by atoms with Gasteiger partial charge in [0.05, 0.1) is 24.1 Å². The molecule has 3 rings (SSSR count). The Kier molecular flexibility index (Phi) is 9.77. The second-order valence-electron chi connectivity index (χ2n) is 8.86. The van der Waals surface area contributed by atoms with Crippen LogP contribution in [0.3, 0.4) is 0 Å². The Morgan fingerprint density at radius 1 is 1.03 bits per heavy atom. The van der Waals surface area contributed by atoms with E-state index in [9.17, 15) is 18.0 Å². The van der Waals surface area contributed by atoms with Crippen LogP contribution in [0.4, 0.5) is 5.69 Å². The molecule has 2 amide bonds. The number of benzene rings is 3. The van der Waals surface area contributed by atoms with Crippen LogP contribution in [-0.4, -0.2) is 58.1 Å². The molecule has 0 unspecified atom stereocenters. The van der Waals surface area contributed by atoms with Gasteiger partial charge < -0.3 is 15.0 Å². The fourth-order valence-corrected chi connectivity index (χ4v) is 5.21. The topological polar surface area (TPSA) is 96.0 Å². The van der Waals surface area contributed by atoms with E-state index in [0.29, 0.717) is 5.75 Å². The van der Waals surface area contributed by atoms with Crippen molar-refractivity contribution in [1.82, 2.24) is 10.2 Å². The lowest BCUT2D eigenvalue weighted by atomic mass is 10.0. The normalized spacial score (nSPS) is 11.9. The first-order chi connectivity index (χ1) is 18.0. The minimum absolute atomic E-state index is 0.122. The molecular weight excluding hydrogens is 526 g/mol. The van der Waals surface area contributed by atoms with Crippen LogP contribution in [0.15, 0.2) is 72.8 Å². The second kappa shape index (κ2) is 12.8. The highest BCUT2D eigenvalue weighted by molar-refractivity contribution is 7.92. The van der Waals surface area contributed by atoms with Crippen molar-refractivity contribution in [3.05, 3.63) is 94.5 Å². The molecule has 0 spiro atoms. The van der Waals surface area contributed by atoms with Crippen molar-refractivity contribution in [2.45, 2.75) is 25.9 Å². The van der Waals surface area contributed by atoms with Gasteiger partial charge in [-0.15, -0.1) is 0 Å². The number of sulfonamides is 1. The first kappa shape index (κ1) is 29.0. The largest absolute Gasteiger partial charge is 0.495 e. The molecule has 3 aromatic carbocycles. The van der Waals surface area contributed by atoms with Gasteiger partial charge in [0, 0.05) is 20.0 Å². The summed E-state index contributed by atoms with van der Waals surface area (Å²) < 4.78 is 31.8. The number of hydrogen-bond acceptors (Lipinski definition) is 5. The van der Waals surface area contributed by atoms with Crippen molar-refractivity contribution >= 4 is 39.1 Å². The number of methoxy groups -OCH3 is 1. The third kappa shape index (κ3) is 7.26. The molecule has 202 valence electrons. The van der Waals surface area contributed by atoms with Crippen LogP contribution < -0.4 is 14.4 Å². The lowest BCUT2D eigenvalue weighted by molar-refractivity contribution is -0.139. The molecule has 0 aliphatic carbocycles. The van der Waals surface area contributed by atoms with Crippen LogP contribution in [0.1, 0.15) is 16.7 Å². The van der Waals surface area contributed by atoms with Gasteiger partial charge in [-0.3, -0.25) is 13.9 Å². The van der Waals surface area contributed by atoms with Crippen molar-refractivity contribution in [2.75, 3.05) is 31.3 Å². The number of hydrogen-bond donors (Lipinski definition) is 1. The molecule has 0 aliphatic heterocycles. The van der Waals surface area contributed by atoms with Crippen LogP contribution in [0.25, 0.3) is 0 Å². The maximum absolute atomic E-state index is 13.9. The number of rotatable bonds is 11. The van der Waals surface area contributed by atoms with Crippen LogP contribution in [-0.2, 0) is 32.6 Å². The molecule has 8 nitrogen and oxygen atoms in total. The van der Waals surface area contributed by atoms with Crippen LogP contribution in [0.2, 0.25) is 5.02 Å². The quantitative estimate of drug-likeness (QED) is 0.387. The maximum Gasteiger partial charge on any atom is 0.244 e. The Morgan fingerprint density at radius 2 is 1.68 bits per heavy atom. The standard InChI is InChI=1S/C28H32ClN3O5S/c1-20-10-8-9-13-22(20)18-31(25(28(34)30-2)16-21-11-6-5-7-12-21)27(33)19-32(38(4,35)36)23-14-15-26(37-3)24(29)17-23/h5-15,17,25H,16,18-19H2,1-4H3,(H,30,34)/t25-/m0/s1. The summed E-state index contributed by atoms with van der Waals surface area (Å²) in [7, 11) is -0.923. The number of amides is 2. The summed E-state index contributed by atoms with van der Waals surface area (Å²) in [6.45, 7) is 1.53. The highest BCUT2D eigenvalue weighted by Gasteiger charge is 2.33. The number of halogens is 1.